The number of carbonyl (C=O) groups is 1. The normalized spacial score (nSPS) is 10.7. The van der Waals surface area contributed by atoms with E-state index in [4.69, 9.17) is 11.6 Å². The molecule has 0 saturated carbocycles. The number of nitrogens with one attached hydrogen (secondary N) is 2. The van der Waals surface area contributed by atoms with Gasteiger partial charge in [-0.05, 0) is 50.1 Å². The molecule has 1 aromatic carbocycles. The molecule has 2 aromatic rings. The zero-order chi connectivity index (χ0) is 15.4. The first-order valence-corrected chi connectivity index (χ1v) is 7.98. The molecule has 0 unspecified atom stereocenters. The van der Waals surface area contributed by atoms with Crippen molar-refractivity contribution < 1.29 is 4.79 Å². The molecule has 1 aromatic heterocycles. The third-order valence-corrected chi connectivity index (χ3v) is 4.66. The van der Waals surface area contributed by atoms with Crippen LogP contribution in [0.1, 0.15) is 20.9 Å². The first-order valence-electron chi connectivity index (χ1n) is 6.78. The lowest BCUT2D eigenvalue weighted by molar-refractivity contribution is -0.115. The van der Waals surface area contributed by atoms with Crippen molar-refractivity contribution in [2.75, 3.05) is 11.9 Å². The van der Waals surface area contributed by atoms with Gasteiger partial charge in [0.05, 0.1) is 6.54 Å². The van der Waals surface area contributed by atoms with E-state index in [0.717, 1.165) is 11.3 Å². The quantitative estimate of drug-likeness (QED) is 0.871. The second-order valence-corrected chi connectivity index (χ2v) is 6.84. The number of aryl methyl sites for hydroxylation is 3. The molecular formula is C16H19ClN2OS. The molecule has 0 spiro atoms. The molecule has 0 bridgehead atoms. The number of anilines is 1. The Morgan fingerprint density at radius 2 is 1.95 bits per heavy atom. The minimum absolute atomic E-state index is 0.0645. The van der Waals surface area contributed by atoms with Gasteiger partial charge >= 0.3 is 0 Å². The van der Waals surface area contributed by atoms with Gasteiger partial charge in [-0.1, -0.05) is 17.7 Å². The maximum absolute atomic E-state index is 11.9. The smallest absolute Gasteiger partial charge is 0.238 e. The van der Waals surface area contributed by atoms with Gasteiger partial charge in [0.1, 0.15) is 0 Å². The van der Waals surface area contributed by atoms with Crippen LogP contribution >= 0.6 is 22.9 Å². The number of hydrogen-bond acceptors (Lipinski definition) is 3. The van der Waals surface area contributed by atoms with Crippen LogP contribution in [0.3, 0.4) is 0 Å². The van der Waals surface area contributed by atoms with Gasteiger partial charge in [0.15, 0.2) is 0 Å². The average Bonchev–Trinajstić information content (AvgIpc) is 2.73. The van der Waals surface area contributed by atoms with Crippen LogP contribution < -0.4 is 10.6 Å². The highest BCUT2D eigenvalue weighted by atomic mass is 35.5. The number of thiophene rings is 1. The molecule has 3 nitrogen and oxygen atoms in total. The Morgan fingerprint density at radius 1 is 1.19 bits per heavy atom. The van der Waals surface area contributed by atoms with Crippen LogP contribution in [0.15, 0.2) is 24.3 Å². The summed E-state index contributed by atoms with van der Waals surface area (Å²) in [5.41, 5.74) is 3.06. The molecular weight excluding hydrogens is 304 g/mol. The van der Waals surface area contributed by atoms with Gasteiger partial charge in [0.2, 0.25) is 5.91 Å². The summed E-state index contributed by atoms with van der Waals surface area (Å²) in [6.45, 7) is 7.14. The molecule has 5 heteroatoms. The van der Waals surface area contributed by atoms with E-state index in [9.17, 15) is 4.79 Å². The van der Waals surface area contributed by atoms with Crippen LogP contribution in [0, 0.1) is 20.8 Å². The van der Waals surface area contributed by atoms with E-state index in [0.29, 0.717) is 11.6 Å². The molecule has 0 saturated heterocycles. The van der Waals surface area contributed by atoms with Crippen LogP contribution in [0.4, 0.5) is 5.69 Å². The largest absolute Gasteiger partial charge is 0.325 e. The van der Waals surface area contributed by atoms with E-state index in [1.165, 1.54) is 15.3 Å². The van der Waals surface area contributed by atoms with Crippen molar-refractivity contribution >= 4 is 34.5 Å². The van der Waals surface area contributed by atoms with Gasteiger partial charge in [0.25, 0.3) is 0 Å². The standard InChI is InChI=1S/C16H19ClN2OS/c1-10-4-5-13(17)7-15(10)19-16(20)9-18-8-14-6-11(2)12(3)21-14/h4-7,18H,8-9H2,1-3H3,(H,19,20). The summed E-state index contributed by atoms with van der Waals surface area (Å²) in [5, 5.41) is 6.65. The number of amides is 1. The maximum Gasteiger partial charge on any atom is 0.238 e. The third-order valence-electron chi connectivity index (χ3n) is 3.28. The van der Waals surface area contributed by atoms with Crippen molar-refractivity contribution in [2.24, 2.45) is 0 Å². The van der Waals surface area contributed by atoms with E-state index < -0.39 is 0 Å². The minimum Gasteiger partial charge on any atom is -0.325 e. The van der Waals surface area contributed by atoms with Crippen molar-refractivity contribution in [3.63, 3.8) is 0 Å². The second-order valence-electron chi connectivity index (χ2n) is 5.06. The molecule has 0 atom stereocenters. The fourth-order valence-electron chi connectivity index (χ4n) is 1.96. The van der Waals surface area contributed by atoms with Crippen molar-refractivity contribution in [3.8, 4) is 0 Å². The molecule has 112 valence electrons. The summed E-state index contributed by atoms with van der Waals surface area (Å²) in [6, 6.07) is 7.63. The molecule has 2 N–H and O–H groups in total. The van der Waals surface area contributed by atoms with Crippen LogP contribution in [0.25, 0.3) is 0 Å². The monoisotopic (exact) mass is 322 g/mol. The lowest BCUT2D eigenvalue weighted by Crippen LogP contribution is -2.27. The van der Waals surface area contributed by atoms with Gasteiger partial charge < -0.3 is 10.6 Å². The lowest BCUT2D eigenvalue weighted by Gasteiger charge is -2.09. The Balaban J connectivity index is 1.83. The molecule has 21 heavy (non-hydrogen) atoms. The van der Waals surface area contributed by atoms with Gasteiger partial charge in [-0.25, -0.2) is 0 Å². The number of carbonyl (C=O) groups excluding carboxylic acids is 1. The summed E-state index contributed by atoms with van der Waals surface area (Å²) >= 11 is 7.70. The number of hydrogen-bond donors (Lipinski definition) is 2. The lowest BCUT2D eigenvalue weighted by atomic mass is 10.2. The molecule has 0 aliphatic rings. The summed E-state index contributed by atoms with van der Waals surface area (Å²) in [4.78, 5) is 14.5. The Labute approximate surface area is 134 Å². The van der Waals surface area contributed by atoms with Gasteiger partial charge in [0, 0.05) is 27.0 Å². The topological polar surface area (TPSA) is 41.1 Å². The number of rotatable bonds is 5. The molecule has 0 aliphatic carbocycles. The first-order chi connectivity index (χ1) is 9.95. The molecule has 2 rings (SSSR count). The Bertz CT molecular complexity index is 632. The third kappa shape index (κ3) is 4.56. The number of halogens is 1. The zero-order valence-electron chi connectivity index (χ0n) is 12.4. The molecule has 0 radical (unpaired) electrons. The van der Waals surface area contributed by atoms with Crippen molar-refractivity contribution in [3.05, 3.63) is 50.2 Å². The van der Waals surface area contributed by atoms with Gasteiger partial charge in [-0.15, -0.1) is 11.3 Å². The predicted molar refractivity (Wildman–Crippen MR) is 90.3 cm³/mol. The summed E-state index contributed by atoms with van der Waals surface area (Å²) < 4.78 is 0. The van der Waals surface area contributed by atoms with Crippen molar-refractivity contribution in [1.82, 2.24) is 5.32 Å². The number of benzene rings is 1. The SMILES string of the molecule is Cc1ccc(Cl)cc1NC(=O)CNCc1cc(C)c(C)s1. The predicted octanol–water partition coefficient (Wildman–Crippen LogP) is 4.06. The fraction of sp³-hybridized carbons (Fsp3) is 0.312. The van der Waals surface area contributed by atoms with E-state index in [1.807, 2.05) is 19.1 Å². The van der Waals surface area contributed by atoms with Crippen LogP contribution in [-0.4, -0.2) is 12.5 Å². The first kappa shape index (κ1) is 16.0. The van der Waals surface area contributed by atoms with Crippen LogP contribution in [-0.2, 0) is 11.3 Å². The fourth-order valence-corrected chi connectivity index (χ4v) is 3.15. The van der Waals surface area contributed by atoms with E-state index in [1.54, 1.807) is 17.4 Å². The molecule has 1 amide bonds. The Kier molecular flexibility index (Phi) is 5.39. The second kappa shape index (κ2) is 7.07. The van der Waals surface area contributed by atoms with Gasteiger partial charge in [-0.3, -0.25) is 4.79 Å². The summed E-state index contributed by atoms with van der Waals surface area (Å²) in [5.74, 6) is -0.0645. The summed E-state index contributed by atoms with van der Waals surface area (Å²) in [6.07, 6.45) is 0. The highest BCUT2D eigenvalue weighted by Crippen LogP contribution is 2.21. The highest BCUT2D eigenvalue weighted by molar-refractivity contribution is 7.12. The summed E-state index contributed by atoms with van der Waals surface area (Å²) in [7, 11) is 0. The Hall–Kier alpha value is -1.36. The van der Waals surface area contributed by atoms with Crippen molar-refractivity contribution in [1.29, 1.82) is 0 Å². The van der Waals surface area contributed by atoms with Crippen LogP contribution in [0.2, 0.25) is 5.02 Å². The highest BCUT2D eigenvalue weighted by Gasteiger charge is 2.06. The molecule has 1 heterocycles. The van der Waals surface area contributed by atoms with E-state index >= 15 is 0 Å². The van der Waals surface area contributed by atoms with Crippen LogP contribution in [0.5, 0.6) is 0 Å². The van der Waals surface area contributed by atoms with Gasteiger partial charge in [-0.2, -0.15) is 0 Å². The van der Waals surface area contributed by atoms with Crippen molar-refractivity contribution in [2.45, 2.75) is 27.3 Å². The molecule has 0 aliphatic heterocycles. The maximum atomic E-state index is 11.9. The van der Waals surface area contributed by atoms with E-state index in [-0.39, 0.29) is 12.5 Å². The zero-order valence-corrected chi connectivity index (χ0v) is 14.0. The molecule has 0 fully saturated rings. The van der Waals surface area contributed by atoms with E-state index in [2.05, 4.69) is 30.5 Å². The average molecular weight is 323 g/mol. The minimum atomic E-state index is -0.0645. The Morgan fingerprint density at radius 3 is 2.62 bits per heavy atom.